The van der Waals surface area contributed by atoms with Crippen molar-refractivity contribution in [2.75, 3.05) is 29.4 Å². The number of benzene rings is 1. The molecule has 1 aliphatic rings. The van der Waals surface area contributed by atoms with Crippen LogP contribution in [-0.2, 0) is 0 Å². The molecule has 22 heavy (non-hydrogen) atoms. The van der Waals surface area contributed by atoms with Crippen molar-refractivity contribution in [3.05, 3.63) is 66.4 Å². The maximum atomic E-state index is 12.8. The van der Waals surface area contributed by atoms with E-state index in [1.54, 1.807) is 6.20 Å². The summed E-state index contributed by atoms with van der Waals surface area (Å²) in [6.07, 6.45) is 3.62. The van der Waals surface area contributed by atoms with Gasteiger partial charge >= 0.3 is 0 Å². The van der Waals surface area contributed by atoms with Gasteiger partial charge in [0.25, 0.3) is 5.91 Å². The maximum absolute atomic E-state index is 12.8. The third-order valence-electron chi connectivity index (χ3n) is 3.84. The van der Waals surface area contributed by atoms with Gasteiger partial charge in [0.15, 0.2) is 5.82 Å². The van der Waals surface area contributed by atoms with Crippen molar-refractivity contribution in [3.63, 3.8) is 0 Å². The van der Waals surface area contributed by atoms with Crippen LogP contribution in [-0.4, -0.2) is 30.5 Å². The molecule has 2 aromatic rings. The Hall–Kier alpha value is -2.62. The second-order valence-corrected chi connectivity index (χ2v) is 5.40. The summed E-state index contributed by atoms with van der Waals surface area (Å²) in [5, 5.41) is 0. The summed E-state index contributed by atoms with van der Waals surface area (Å²) >= 11 is 0. The summed E-state index contributed by atoms with van der Waals surface area (Å²) in [5.41, 5.74) is 2.72. The molecule has 0 unspecified atom stereocenters. The summed E-state index contributed by atoms with van der Waals surface area (Å²) in [7, 11) is 0. The molecule has 0 bridgehead atoms. The molecular formula is C18H19N3O. The van der Waals surface area contributed by atoms with Crippen LogP contribution in [0.5, 0.6) is 0 Å². The molecule has 4 nitrogen and oxygen atoms in total. The summed E-state index contributed by atoms with van der Waals surface area (Å²) in [5.74, 6) is 0.863. The van der Waals surface area contributed by atoms with Gasteiger partial charge in [0, 0.05) is 31.4 Å². The van der Waals surface area contributed by atoms with Gasteiger partial charge in [-0.15, -0.1) is 6.58 Å². The average molecular weight is 293 g/mol. The van der Waals surface area contributed by atoms with E-state index in [0.717, 1.165) is 30.2 Å². The molecule has 0 fully saturated rings. The molecule has 2 heterocycles. The fraction of sp³-hybridized carbons (Fsp3) is 0.222. The summed E-state index contributed by atoms with van der Waals surface area (Å²) in [6, 6.07) is 11.5. The van der Waals surface area contributed by atoms with Crippen LogP contribution in [0.2, 0.25) is 0 Å². The van der Waals surface area contributed by atoms with Gasteiger partial charge in [-0.1, -0.05) is 23.8 Å². The molecule has 0 saturated carbocycles. The highest BCUT2D eigenvalue weighted by Crippen LogP contribution is 2.31. The smallest absolute Gasteiger partial charge is 0.258 e. The van der Waals surface area contributed by atoms with Crippen molar-refractivity contribution >= 4 is 17.4 Å². The number of anilines is 2. The number of carbonyl (C=O) groups excluding carboxylic acids is 1. The average Bonchev–Trinajstić information content (AvgIpc) is 2.55. The first kappa shape index (κ1) is 14.3. The molecule has 1 aliphatic heterocycles. The van der Waals surface area contributed by atoms with Gasteiger partial charge in [0.1, 0.15) is 0 Å². The van der Waals surface area contributed by atoms with E-state index in [1.165, 1.54) is 0 Å². The number of rotatable bonds is 3. The minimum Gasteiger partial charge on any atom is -0.349 e. The number of pyridine rings is 1. The largest absolute Gasteiger partial charge is 0.349 e. The molecule has 4 heteroatoms. The molecule has 0 spiro atoms. The molecule has 3 rings (SSSR count). The minimum atomic E-state index is 0.0208. The predicted octanol–water partition coefficient (Wildman–Crippen LogP) is 3.04. The van der Waals surface area contributed by atoms with E-state index in [-0.39, 0.29) is 5.91 Å². The maximum Gasteiger partial charge on any atom is 0.258 e. The van der Waals surface area contributed by atoms with Crippen LogP contribution < -0.4 is 9.80 Å². The van der Waals surface area contributed by atoms with Crippen LogP contribution >= 0.6 is 0 Å². The van der Waals surface area contributed by atoms with Crippen LogP contribution in [0, 0.1) is 6.92 Å². The fourth-order valence-electron chi connectivity index (χ4n) is 2.69. The van der Waals surface area contributed by atoms with E-state index in [2.05, 4.69) is 16.5 Å². The first-order valence-corrected chi connectivity index (χ1v) is 7.40. The van der Waals surface area contributed by atoms with Crippen molar-refractivity contribution in [1.82, 2.24) is 4.98 Å². The molecular weight excluding hydrogens is 274 g/mol. The van der Waals surface area contributed by atoms with E-state index >= 15 is 0 Å². The van der Waals surface area contributed by atoms with Gasteiger partial charge in [-0.2, -0.15) is 0 Å². The first-order chi connectivity index (χ1) is 10.7. The van der Waals surface area contributed by atoms with Crippen molar-refractivity contribution in [2.24, 2.45) is 0 Å². The van der Waals surface area contributed by atoms with Gasteiger partial charge in [-0.3, -0.25) is 4.79 Å². The standard InChI is InChI=1S/C18H19N3O/c1-3-11-20-12-13-21(16-5-4-10-19-17(16)20)18(22)15-8-6-14(2)7-9-15/h3-10H,1,11-13H2,2H3. The van der Waals surface area contributed by atoms with Crippen molar-refractivity contribution < 1.29 is 4.79 Å². The minimum absolute atomic E-state index is 0.0208. The highest BCUT2D eigenvalue weighted by molar-refractivity contribution is 6.08. The number of aryl methyl sites for hydroxylation is 1. The molecule has 0 atom stereocenters. The van der Waals surface area contributed by atoms with Crippen molar-refractivity contribution in [3.8, 4) is 0 Å². The zero-order valence-corrected chi connectivity index (χ0v) is 12.7. The Bertz CT molecular complexity index is 694. The van der Waals surface area contributed by atoms with Gasteiger partial charge in [0.2, 0.25) is 0 Å². The lowest BCUT2D eigenvalue weighted by Crippen LogP contribution is -2.44. The van der Waals surface area contributed by atoms with Gasteiger partial charge in [-0.05, 0) is 31.2 Å². The molecule has 1 amide bonds. The Labute approximate surface area is 130 Å². The number of nitrogens with zero attached hydrogens (tertiary/aromatic N) is 3. The third kappa shape index (κ3) is 2.60. The Balaban J connectivity index is 1.94. The van der Waals surface area contributed by atoms with E-state index in [4.69, 9.17) is 0 Å². The van der Waals surface area contributed by atoms with Crippen LogP contribution in [0.4, 0.5) is 11.5 Å². The monoisotopic (exact) mass is 293 g/mol. The van der Waals surface area contributed by atoms with Crippen LogP contribution in [0.25, 0.3) is 0 Å². The van der Waals surface area contributed by atoms with Crippen molar-refractivity contribution in [1.29, 1.82) is 0 Å². The molecule has 0 radical (unpaired) electrons. The lowest BCUT2D eigenvalue weighted by atomic mass is 10.1. The second kappa shape index (κ2) is 6.02. The number of hydrogen-bond donors (Lipinski definition) is 0. The van der Waals surface area contributed by atoms with E-state index in [1.807, 2.05) is 54.3 Å². The fourth-order valence-corrected chi connectivity index (χ4v) is 2.69. The molecule has 112 valence electrons. The number of fused-ring (bicyclic) bond motifs is 1. The second-order valence-electron chi connectivity index (χ2n) is 5.40. The van der Waals surface area contributed by atoms with E-state index in [0.29, 0.717) is 12.1 Å². The van der Waals surface area contributed by atoms with Crippen LogP contribution in [0.15, 0.2) is 55.3 Å². The summed E-state index contributed by atoms with van der Waals surface area (Å²) < 4.78 is 0. The summed E-state index contributed by atoms with van der Waals surface area (Å²) in [4.78, 5) is 21.2. The van der Waals surface area contributed by atoms with Gasteiger partial charge in [0.05, 0.1) is 5.69 Å². The Morgan fingerprint density at radius 2 is 2.05 bits per heavy atom. The first-order valence-electron chi connectivity index (χ1n) is 7.40. The van der Waals surface area contributed by atoms with Gasteiger partial charge < -0.3 is 9.80 Å². The van der Waals surface area contributed by atoms with Crippen molar-refractivity contribution in [2.45, 2.75) is 6.92 Å². The molecule has 0 aliphatic carbocycles. The Kier molecular flexibility index (Phi) is 3.92. The normalized spacial score (nSPS) is 13.7. The van der Waals surface area contributed by atoms with E-state index in [9.17, 15) is 4.79 Å². The topological polar surface area (TPSA) is 36.4 Å². The zero-order valence-electron chi connectivity index (χ0n) is 12.7. The Morgan fingerprint density at radius 3 is 2.77 bits per heavy atom. The number of amides is 1. The SMILES string of the molecule is C=CCN1CCN(C(=O)c2ccc(C)cc2)c2cccnc21. The molecule has 1 aromatic carbocycles. The predicted molar refractivity (Wildman–Crippen MR) is 89.5 cm³/mol. The zero-order chi connectivity index (χ0) is 15.5. The highest BCUT2D eigenvalue weighted by Gasteiger charge is 2.27. The van der Waals surface area contributed by atoms with E-state index < -0.39 is 0 Å². The third-order valence-corrected chi connectivity index (χ3v) is 3.84. The quantitative estimate of drug-likeness (QED) is 0.816. The van der Waals surface area contributed by atoms with Gasteiger partial charge in [-0.25, -0.2) is 4.98 Å². The van der Waals surface area contributed by atoms with Crippen LogP contribution in [0.3, 0.4) is 0 Å². The lowest BCUT2D eigenvalue weighted by Gasteiger charge is -2.36. The highest BCUT2D eigenvalue weighted by atomic mass is 16.2. The number of carbonyl (C=O) groups is 1. The molecule has 0 saturated heterocycles. The summed E-state index contributed by atoms with van der Waals surface area (Å²) in [6.45, 7) is 7.95. The van der Waals surface area contributed by atoms with Crippen LogP contribution in [0.1, 0.15) is 15.9 Å². The number of aromatic nitrogens is 1. The lowest BCUT2D eigenvalue weighted by molar-refractivity contribution is 0.0986. The Morgan fingerprint density at radius 1 is 1.27 bits per heavy atom. The molecule has 1 aromatic heterocycles. The molecule has 0 N–H and O–H groups in total. The number of hydrogen-bond acceptors (Lipinski definition) is 3.